The van der Waals surface area contributed by atoms with Crippen molar-refractivity contribution in [2.75, 3.05) is 13.2 Å². The van der Waals surface area contributed by atoms with E-state index in [9.17, 15) is 14.4 Å². The van der Waals surface area contributed by atoms with Crippen molar-refractivity contribution in [3.8, 4) is 0 Å². The average Bonchev–Trinajstić information content (AvgIpc) is 3.47. The maximum atomic E-state index is 12.9. The van der Waals surface area contributed by atoms with E-state index in [1.807, 2.05) is 0 Å². The van der Waals surface area contributed by atoms with E-state index in [2.05, 4.69) is 81.5 Å². The second-order valence-corrected chi connectivity index (χ2v) is 24.1. The van der Waals surface area contributed by atoms with Gasteiger partial charge in [0, 0.05) is 19.3 Å². The van der Waals surface area contributed by atoms with Crippen LogP contribution in [0.25, 0.3) is 0 Å². The van der Waals surface area contributed by atoms with Crippen LogP contribution in [0.15, 0.2) is 60.8 Å². The molecule has 1 atom stereocenters. The third-order valence-corrected chi connectivity index (χ3v) is 16.0. The van der Waals surface area contributed by atoms with Crippen molar-refractivity contribution in [1.29, 1.82) is 0 Å². The van der Waals surface area contributed by atoms with Crippen LogP contribution in [0.1, 0.15) is 380 Å². The summed E-state index contributed by atoms with van der Waals surface area (Å²) in [4.78, 5) is 38.4. The molecule has 0 aliphatic heterocycles. The Hall–Kier alpha value is -2.89. The molecule has 0 aliphatic carbocycles. The summed E-state index contributed by atoms with van der Waals surface area (Å²) in [6, 6.07) is 0. The number of ether oxygens (including phenoxy) is 3. The molecule has 0 rings (SSSR count). The molecule has 0 aromatic rings. The monoisotopic (exact) mass is 1130 g/mol. The average molecular weight is 1130 g/mol. The number of carbonyl (C=O) groups excluding carboxylic acids is 3. The van der Waals surface area contributed by atoms with Crippen molar-refractivity contribution in [2.24, 2.45) is 0 Å². The Kier molecular flexibility index (Phi) is 67.1. The fraction of sp³-hybridized carbons (Fsp3) is 0.827. The zero-order valence-electron chi connectivity index (χ0n) is 54.3. The predicted octanol–water partition coefficient (Wildman–Crippen LogP) is 24.7. The lowest BCUT2D eigenvalue weighted by Crippen LogP contribution is -2.30. The molecule has 0 bridgehead atoms. The Morgan fingerprint density at radius 1 is 0.259 bits per heavy atom. The largest absolute Gasteiger partial charge is 0.462 e. The van der Waals surface area contributed by atoms with E-state index in [1.165, 1.54) is 250 Å². The van der Waals surface area contributed by atoms with Gasteiger partial charge in [0.2, 0.25) is 0 Å². The van der Waals surface area contributed by atoms with Crippen molar-refractivity contribution in [3.05, 3.63) is 60.8 Å². The van der Waals surface area contributed by atoms with Gasteiger partial charge in [0.25, 0.3) is 0 Å². The minimum absolute atomic E-state index is 0.0707. The molecular formula is C75H136O6. The minimum Gasteiger partial charge on any atom is -0.462 e. The lowest BCUT2D eigenvalue weighted by molar-refractivity contribution is -0.167. The van der Waals surface area contributed by atoms with Crippen LogP contribution in [-0.2, 0) is 28.6 Å². The zero-order valence-corrected chi connectivity index (χ0v) is 54.3. The highest BCUT2D eigenvalue weighted by molar-refractivity contribution is 5.71. The van der Waals surface area contributed by atoms with Gasteiger partial charge in [-0.1, -0.05) is 338 Å². The maximum absolute atomic E-state index is 12.9. The molecule has 472 valence electrons. The van der Waals surface area contributed by atoms with Crippen molar-refractivity contribution in [1.82, 2.24) is 0 Å². The molecule has 0 radical (unpaired) electrons. The second-order valence-electron chi connectivity index (χ2n) is 24.1. The molecule has 0 saturated carbocycles. The summed E-state index contributed by atoms with van der Waals surface area (Å²) in [5.74, 6) is -0.853. The van der Waals surface area contributed by atoms with Gasteiger partial charge in [-0.05, 0) is 83.5 Å². The molecule has 1 unspecified atom stereocenters. The lowest BCUT2D eigenvalue weighted by atomic mass is 10.0. The quantitative estimate of drug-likeness (QED) is 0.0261. The van der Waals surface area contributed by atoms with Gasteiger partial charge >= 0.3 is 17.9 Å². The van der Waals surface area contributed by atoms with Gasteiger partial charge in [0.1, 0.15) is 13.2 Å². The molecule has 0 heterocycles. The van der Waals surface area contributed by atoms with Gasteiger partial charge in [0.05, 0.1) is 0 Å². The summed E-state index contributed by atoms with van der Waals surface area (Å²) in [6.45, 7) is 6.56. The molecule has 6 heteroatoms. The van der Waals surface area contributed by atoms with Crippen LogP contribution in [0.2, 0.25) is 0 Å². The normalized spacial score (nSPS) is 12.4. The van der Waals surface area contributed by atoms with Crippen molar-refractivity contribution < 1.29 is 28.6 Å². The number of hydrogen-bond acceptors (Lipinski definition) is 6. The smallest absolute Gasteiger partial charge is 0.306 e. The van der Waals surface area contributed by atoms with E-state index < -0.39 is 6.10 Å². The molecule has 0 aromatic heterocycles. The van der Waals surface area contributed by atoms with Gasteiger partial charge in [-0.2, -0.15) is 0 Å². The highest BCUT2D eigenvalue weighted by Crippen LogP contribution is 2.18. The van der Waals surface area contributed by atoms with Gasteiger partial charge < -0.3 is 14.2 Å². The van der Waals surface area contributed by atoms with E-state index in [4.69, 9.17) is 14.2 Å². The number of allylic oxidation sites excluding steroid dienone is 10. The Balaban J connectivity index is 4.15. The molecule has 0 aromatic carbocycles. The van der Waals surface area contributed by atoms with Gasteiger partial charge in [0.15, 0.2) is 6.10 Å². The van der Waals surface area contributed by atoms with Crippen LogP contribution in [0.5, 0.6) is 0 Å². The molecule has 0 amide bonds. The fourth-order valence-electron chi connectivity index (χ4n) is 10.7. The Labute approximate surface area is 504 Å². The van der Waals surface area contributed by atoms with Crippen LogP contribution >= 0.6 is 0 Å². The van der Waals surface area contributed by atoms with Crippen LogP contribution in [0, 0.1) is 0 Å². The van der Waals surface area contributed by atoms with Crippen LogP contribution in [-0.4, -0.2) is 37.2 Å². The molecule has 0 N–H and O–H groups in total. The minimum atomic E-state index is -0.774. The van der Waals surface area contributed by atoms with Crippen molar-refractivity contribution in [3.63, 3.8) is 0 Å². The Bertz CT molecular complexity index is 1440. The number of hydrogen-bond donors (Lipinski definition) is 0. The molecule has 0 aliphatic rings. The summed E-state index contributed by atoms with van der Waals surface area (Å²) in [7, 11) is 0. The third-order valence-electron chi connectivity index (χ3n) is 16.0. The highest BCUT2D eigenvalue weighted by Gasteiger charge is 2.19. The first kappa shape index (κ1) is 78.1. The maximum Gasteiger partial charge on any atom is 0.306 e. The third kappa shape index (κ3) is 67.8. The van der Waals surface area contributed by atoms with Gasteiger partial charge in [-0.25, -0.2) is 0 Å². The summed E-state index contributed by atoms with van der Waals surface area (Å²) < 4.78 is 17.0. The Morgan fingerprint density at radius 2 is 0.481 bits per heavy atom. The van der Waals surface area contributed by atoms with E-state index >= 15 is 0 Å². The molecular weight excluding hydrogens is 997 g/mol. The van der Waals surface area contributed by atoms with Crippen LogP contribution in [0.4, 0.5) is 0 Å². The Morgan fingerprint density at radius 3 is 0.790 bits per heavy atom. The van der Waals surface area contributed by atoms with Crippen LogP contribution < -0.4 is 0 Å². The van der Waals surface area contributed by atoms with Gasteiger partial charge in [-0.15, -0.1) is 0 Å². The molecule has 0 spiro atoms. The van der Waals surface area contributed by atoms with Crippen molar-refractivity contribution >= 4 is 17.9 Å². The number of rotatable bonds is 66. The number of esters is 3. The van der Waals surface area contributed by atoms with E-state index in [0.29, 0.717) is 19.3 Å². The van der Waals surface area contributed by atoms with Crippen molar-refractivity contribution in [2.45, 2.75) is 386 Å². The molecule has 0 fully saturated rings. The molecule has 0 saturated heterocycles. The summed E-state index contributed by atoms with van der Waals surface area (Å²) in [5, 5.41) is 0. The van der Waals surface area contributed by atoms with E-state index in [0.717, 1.165) is 89.9 Å². The number of carbonyl (C=O) groups is 3. The predicted molar refractivity (Wildman–Crippen MR) is 353 cm³/mol. The molecule has 6 nitrogen and oxygen atoms in total. The second kappa shape index (κ2) is 69.6. The first-order valence-corrected chi connectivity index (χ1v) is 35.8. The first-order valence-electron chi connectivity index (χ1n) is 35.8. The summed E-state index contributed by atoms with van der Waals surface area (Å²) in [5.41, 5.74) is 0. The fourth-order valence-corrected chi connectivity index (χ4v) is 10.7. The topological polar surface area (TPSA) is 78.9 Å². The van der Waals surface area contributed by atoms with Gasteiger partial charge in [-0.3, -0.25) is 14.4 Å². The van der Waals surface area contributed by atoms with E-state index in [-0.39, 0.29) is 31.1 Å². The summed E-state index contributed by atoms with van der Waals surface area (Å²) in [6.07, 6.45) is 89.8. The standard InChI is InChI=1S/C75H136O6/c1-4-7-10-13-16-19-22-25-27-29-31-33-34-35-36-37-38-39-40-41-42-43-45-46-48-50-53-56-59-62-65-68-74(77)80-71-72(70-79-73(76)67-64-61-58-55-52-24-21-18-15-12-9-6-3)81-75(78)69-66-63-60-57-54-51-49-47-44-32-30-28-26-23-20-17-14-11-8-5-2/h7,10,16,18-19,21,25,27,31,33,72H,4-6,8-9,11-15,17,20,22-24,26,28-30,32,34-71H2,1-3H3/b10-7-,19-16-,21-18-,27-25-,33-31-. The highest BCUT2D eigenvalue weighted by atomic mass is 16.6. The first-order chi connectivity index (χ1) is 40.0. The number of unbranched alkanes of at least 4 members (excludes halogenated alkanes) is 45. The SMILES string of the molecule is CC/C=C\C/C=C\C/C=C\C/C=C\CCCCCCCCCCCCCCCCCCCCC(=O)OCC(COC(=O)CCCCCCC/C=C\CCCCC)OC(=O)CCCCCCCCCCCCCCCCCCCCCC. The lowest BCUT2D eigenvalue weighted by Gasteiger charge is -2.18. The van der Waals surface area contributed by atoms with Crippen LogP contribution in [0.3, 0.4) is 0 Å². The van der Waals surface area contributed by atoms with E-state index in [1.54, 1.807) is 0 Å². The summed E-state index contributed by atoms with van der Waals surface area (Å²) >= 11 is 0. The zero-order chi connectivity index (χ0) is 58.5. The molecule has 81 heavy (non-hydrogen) atoms.